The second kappa shape index (κ2) is 5.66. The molecule has 0 saturated heterocycles. The van der Waals surface area contributed by atoms with E-state index in [2.05, 4.69) is 82.8 Å². The third-order valence-corrected chi connectivity index (χ3v) is 3.90. The average molecular weight is 268 g/mol. The predicted molar refractivity (Wildman–Crippen MR) is 88.0 cm³/mol. The molecule has 0 heterocycles. The molecule has 0 unspecified atom stereocenters. The Bertz CT molecular complexity index is 636. The van der Waals surface area contributed by atoms with Crippen LogP contribution < -0.4 is 0 Å². The Hall–Kier alpha value is -1.47. The summed E-state index contributed by atoms with van der Waals surface area (Å²) in [6.07, 6.45) is 4.31. The summed E-state index contributed by atoms with van der Waals surface area (Å²) in [4.78, 5) is 1.03. The molecule has 0 fully saturated rings. The van der Waals surface area contributed by atoms with E-state index < -0.39 is 0 Å². The zero-order valence-electron chi connectivity index (χ0n) is 12.0. The van der Waals surface area contributed by atoms with Gasteiger partial charge in [0.15, 0.2) is 0 Å². The smallest absolute Gasteiger partial charge is 0.0115 e. The zero-order chi connectivity index (χ0) is 14.0. The molecule has 0 atom stereocenters. The van der Waals surface area contributed by atoms with Crippen LogP contribution in [0.15, 0.2) is 35.2 Å². The minimum absolute atomic E-state index is 1.03. The van der Waals surface area contributed by atoms with Gasteiger partial charge in [0, 0.05) is 4.90 Å². The summed E-state index contributed by atoms with van der Waals surface area (Å²) in [6, 6.07) is 10.8. The molecule has 0 amide bonds. The standard InChI is InChI=1S/C18H20S/c1-12-5-6-16(18(19)9-12)7-8-17-11-14(3)13(2)10-15(17)4/h5-11,19H,1-4H3/b8-7+. The molecular weight excluding hydrogens is 248 g/mol. The van der Waals surface area contributed by atoms with Gasteiger partial charge in [-0.25, -0.2) is 0 Å². The molecule has 0 saturated carbocycles. The van der Waals surface area contributed by atoms with Crippen LogP contribution >= 0.6 is 12.6 Å². The molecule has 0 N–H and O–H groups in total. The maximum Gasteiger partial charge on any atom is 0.0115 e. The van der Waals surface area contributed by atoms with Gasteiger partial charge >= 0.3 is 0 Å². The topological polar surface area (TPSA) is 0 Å². The van der Waals surface area contributed by atoms with E-state index >= 15 is 0 Å². The van der Waals surface area contributed by atoms with Crippen molar-refractivity contribution in [1.29, 1.82) is 0 Å². The van der Waals surface area contributed by atoms with E-state index in [0.29, 0.717) is 0 Å². The fourth-order valence-corrected chi connectivity index (χ4v) is 2.49. The Morgan fingerprint density at radius 2 is 1.37 bits per heavy atom. The van der Waals surface area contributed by atoms with E-state index in [9.17, 15) is 0 Å². The molecule has 0 nitrogen and oxygen atoms in total. The van der Waals surface area contributed by atoms with Gasteiger partial charge < -0.3 is 0 Å². The molecule has 0 aliphatic carbocycles. The lowest BCUT2D eigenvalue weighted by molar-refractivity contribution is 1.29. The lowest BCUT2D eigenvalue weighted by Gasteiger charge is -2.06. The second-order valence-corrected chi connectivity index (χ2v) is 5.67. The largest absolute Gasteiger partial charge is 0.143 e. The highest BCUT2D eigenvalue weighted by atomic mass is 32.1. The van der Waals surface area contributed by atoms with Gasteiger partial charge in [0.1, 0.15) is 0 Å². The van der Waals surface area contributed by atoms with Gasteiger partial charge in [-0.2, -0.15) is 0 Å². The summed E-state index contributed by atoms with van der Waals surface area (Å²) in [5.74, 6) is 0. The molecule has 0 aromatic heterocycles. The Morgan fingerprint density at radius 3 is 2.05 bits per heavy atom. The monoisotopic (exact) mass is 268 g/mol. The normalized spacial score (nSPS) is 11.2. The molecule has 1 heteroatoms. The molecule has 98 valence electrons. The van der Waals surface area contributed by atoms with Gasteiger partial charge in [0.25, 0.3) is 0 Å². The Morgan fingerprint density at radius 1 is 0.737 bits per heavy atom. The van der Waals surface area contributed by atoms with Gasteiger partial charge in [0.05, 0.1) is 0 Å². The summed E-state index contributed by atoms with van der Waals surface area (Å²) in [5.41, 5.74) is 7.67. The third kappa shape index (κ3) is 3.30. The van der Waals surface area contributed by atoms with Crippen LogP contribution in [-0.2, 0) is 0 Å². The first-order valence-corrected chi connectivity index (χ1v) is 6.97. The van der Waals surface area contributed by atoms with Crippen LogP contribution in [0.1, 0.15) is 33.4 Å². The van der Waals surface area contributed by atoms with Crippen molar-refractivity contribution >= 4 is 24.8 Å². The van der Waals surface area contributed by atoms with Crippen LogP contribution in [0.5, 0.6) is 0 Å². The van der Waals surface area contributed by atoms with E-state index in [1.807, 2.05) is 0 Å². The number of aryl methyl sites for hydroxylation is 4. The van der Waals surface area contributed by atoms with Gasteiger partial charge in [-0.15, -0.1) is 12.6 Å². The number of hydrogen-bond acceptors (Lipinski definition) is 1. The minimum Gasteiger partial charge on any atom is -0.143 e. The lowest BCUT2D eigenvalue weighted by Crippen LogP contribution is -1.87. The highest BCUT2D eigenvalue weighted by molar-refractivity contribution is 7.80. The van der Waals surface area contributed by atoms with Crippen LogP contribution in [0.2, 0.25) is 0 Å². The Kier molecular flexibility index (Phi) is 4.16. The second-order valence-electron chi connectivity index (χ2n) is 5.19. The predicted octanol–water partition coefficient (Wildman–Crippen LogP) is 5.38. The average Bonchev–Trinajstić information content (AvgIpc) is 2.34. The molecule has 0 spiro atoms. The van der Waals surface area contributed by atoms with Crippen molar-refractivity contribution < 1.29 is 0 Å². The van der Waals surface area contributed by atoms with Gasteiger partial charge in [-0.1, -0.05) is 36.4 Å². The van der Waals surface area contributed by atoms with Crippen molar-refractivity contribution in [3.05, 3.63) is 63.7 Å². The van der Waals surface area contributed by atoms with Crippen molar-refractivity contribution in [2.45, 2.75) is 32.6 Å². The van der Waals surface area contributed by atoms with Gasteiger partial charge in [-0.3, -0.25) is 0 Å². The molecule has 2 aromatic rings. The maximum absolute atomic E-state index is 4.53. The molecular formula is C18H20S. The Labute approximate surface area is 121 Å². The van der Waals surface area contributed by atoms with Crippen LogP contribution in [-0.4, -0.2) is 0 Å². The van der Waals surface area contributed by atoms with E-state index in [-0.39, 0.29) is 0 Å². The zero-order valence-corrected chi connectivity index (χ0v) is 12.9. The summed E-state index contributed by atoms with van der Waals surface area (Å²) in [6.45, 7) is 8.55. The first kappa shape index (κ1) is 14.0. The first-order valence-electron chi connectivity index (χ1n) is 6.53. The van der Waals surface area contributed by atoms with Crippen molar-refractivity contribution in [3.8, 4) is 0 Å². The highest BCUT2D eigenvalue weighted by Gasteiger charge is 2.00. The molecule has 2 rings (SSSR count). The first-order chi connectivity index (χ1) is 8.97. The van der Waals surface area contributed by atoms with E-state index in [4.69, 9.17) is 0 Å². The molecule has 0 aliphatic heterocycles. The quantitative estimate of drug-likeness (QED) is 0.548. The van der Waals surface area contributed by atoms with Crippen LogP contribution in [0.25, 0.3) is 12.2 Å². The fraction of sp³-hybridized carbons (Fsp3) is 0.222. The van der Waals surface area contributed by atoms with Gasteiger partial charge in [0.2, 0.25) is 0 Å². The fourth-order valence-electron chi connectivity index (χ4n) is 2.14. The highest BCUT2D eigenvalue weighted by Crippen LogP contribution is 2.21. The number of hydrogen-bond donors (Lipinski definition) is 1. The molecule has 0 aliphatic rings. The van der Waals surface area contributed by atoms with Crippen LogP contribution in [0, 0.1) is 27.7 Å². The number of rotatable bonds is 2. The maximum atomic E-state index is 4.53. The SMILES string of the molecule is Cc1ccc(/C=C/c2cc(C)c(C)cc2C)c(S)c1. The summed E-state index contributed by atoms with van der Waals surface area (Å²) >= 11 is 4.53. The van der Waals surface area contributed by atoms with Crippen molar-refractivity contribution in [2.24, 2.45) is 0 Å². The Balaban J connectivity index is 2.35. The van der Waals surface area contributed by atoms with Crippen molar-refractivity contribution in [3.63, 3.8) is 0 Å². The minimum atomic E-state index is 1.03. The lowest BCUT2D eigenvalue weighted by atomic mass is 10.00. The van der Waals surface area contributed by atoms with Crippen molar-refractivity contribution in [2.75, 3.05) is 0 Å². The van der Waals surface area contributed by atoms with Crippen LogP contribution in [0.3, 0.4) is 0 Å². The number of benzene rings is 2. The molecule has 0 radical (unpaired) electrons. The molecule has 2 aromatic carbocycles. The van der Waals surface area contributed by atoms with E-state index in [0.717, 1.165) is 10.5 Å². The van der Waals surface area contributed by atoms with E-state index in [1.165, 1.54) is 27.8 Å². The third-order valence-electron chi connectivity index (χ3n) is 3.51. The number of thiol groups is 1. The van der Waals surface area contributed by atoms with E-state index in [1.54, 1.807) is 0 Å². The van der Waals surface area contributed by atoms with Crippen molar-refractivity contribution in [1.82, 2.24) is 0 Å². The summed E-state index contributed by atoms with van der Waals surface area (Å²) < 4.78 is 0. The van der Waals surface area contributed by atoms with Crippen LogP contribution in [0.4, 0.5) is 0 Å². The molecule has 19 heavy (non-hydrogen) atoms. The summed E-state index contributed by atoms with van der Waals surface area (Å²) in [7, 11) is 0. The molecule has 0 bridgehead atoms. The van der Waals surface area contributed by atoms with Gasteiger partial charge in [-0.05, 0) is 67.1 Å². The summed E-state index contributed by atoms with van der Waals surface area (Å²) in [5, 5.41) is 0.